The molecule has 2 aromatic rings. The van der Waals surface area contributed by atoms with Gasteiger partial charge in [0.15, 0.2) is 5.82 Å². The Bertz CT molecular complexity index is 572. The fourth-order valence-corrected chi connectivity index (χ4v) is 1.96. The molecular formula is C12H12Cl2N4O. The molecule has 19 heavy (non-hydrogen) atoms. The predicted octanol–water partition coefficient (Wildman–Crippen LogP) is 3.51. The zero-order chi connectivity index (χ0) is 13.8. The molecule has 0 aliphatic carbocycles. The van der Waals surface area contributed by atoms with Gasteiger partial charge in [-0.25, -0.2) is 4.98 Å². The third kappa shape index (κ3) is 3.00. The van der Waals surface area contributed by atoms with Gasteiger partial charge in [0.25, 0.3) is 0 Å². The zero-order valence-electron chi connectivity index (χ0n) is 10.2. The molecule has 100 valence electrons. The van der Waals surface area contributed by atoms with Crippen molar-refractivity contribution in [2.45, 2.75) is 6.92 Å². The number of hydrogen-bond acceptors (Lipinski definition) is 5. The van der Waals surface area contributed by atoms with Crippen LogP contribution in [0.2, 0.25) is 10.0 Å². The standard InChI is InChI=1S/C12H12Cl2N4O/c1-2-19-12-9(15)11(16-6-17-12)18-10-7(13)4-3-5-8(10)14/h3-6H,2,15H2,1H3,(H,16,17,18). The van der Waals surface area contributed by atoms with Crippen molar-refractivity contribution in [3.63, 3.8) is 0 Å². The number of nitrogens with one attached hydrogen (secondary N) is 1. The van der Waals surface area contributed by atoms with Crippen LogP contribution in [0.3, 0.4) is 0 Å². The molecule has 0 amide bonds. The second-order valence-electron chi connectivity index (χ2n) is 3.60. The van der Waals surface area contributed by atoms with Gasteiger partial charge in [0, 0.05) is 0 Å². The molecule has 0 aliphatic rings. The van der Waals surface area contributed by atoms with Crippen LogP contribution in [-0.2, 0) is 0 Å². The van der Waals surface area contributed by atoms with E-state index in [9.17, 15) is 0 Å². The van der Waals surface area contributed by atoms with Gasteiger partial charge in [0.1, 0.15) is 12.0 Å². The number of nitrogens with two attached hydrogens (primary N) is 1. The molecule has 0 bridgehead atoms. The van der Waals surface area contributed by atoms with E-state index in [-0.39, 0.29) is 0 Å². The highest BCUT2D eigenvalue weighted by atomic mass is 35.5. The molecule has 5 nitrogen and oxygen atoms in total. The molecule has 1 aromatic heterocycles. The van der Waals surface area contributed by atoms with Crippen LogP contribution in [0.4, 0.5) is 17.2 Å². The quantitative estimate of drug-likeness (QED) is 0.903. The SMILES string of the molecule is CCOc1ncnc(Nc2c(Cl)cccc2Cl)c1N. The number of para-hydroxylation sites is 1. The van der Waals surface area contributed by atoms with E-state index in [2.05, 4.69) is 15.3 Å². The molecule has 1 aromatic carbocycles. The van der Waals surface area contributed by atoms with Crippen molar-refractivity contribution in [3.05, 3.63) is 34.6 Å². The van der Waals surface area contributed by atoms with E-state index in [0.717, 1.165) is 0 Å². The molecule has 0 aliphatic heterocycles. The van der Waals surface area contributed by atoms with E-state index in [4.69, 9.17) is 33.7 Å². The van der Waals surface area contributed by atoms with Crippen molar-refractivity contribution in [2.75, 3.05) is 17.7 Å². The number of hydrogen-bond donors (Lipinski definition) is 2. The number of halogens is 2. The second kappa shape index (κ2) is 5.95. The normalized spacial score (nSPS) is 10.3. The lowest BCUT2D eigenvalue weighted by Crippen LogP contribution is -2.05. The fourth-order valence-electron chi connectivity index (χ4n) is 1.47. The first-order valence-corrected chi connectivity index (χ1v) is 6.33. The van der Waals surface area contributed by atoms with E-state index < -0.39 is 0 Å². The summed E-state index contributed by atoms with van der Waals surface area (Å²) in [7, 11) is 0. The van der Waals surface area contributed by atoms with Crippen LogP contribution < -0.4 is 15.8 Å². The maximum Gasteiger partial charge on any atom is 0.242 e. The summed E-state index contributed by atoms with van der Waals surface area (Å²) in [6.45, 7) is 2.31. The summed E-state index contributed by atoms with van der Waals surface area (Å²) < 4.78 is 5.29. The van der Waals surface area contributed by atoms with Crippen LogP contribution in [0.25, 0.3) is 0 Å². The Morgan fingerprint density at radius 2 is 1.95 bits per heavy atom. The van der Waals surface area contributed by atoms with E-state index in [1.807, 2.05) is 6.92 Å². The Labute approximate surface area is 120 Å². The smallest absolute Gasteiger partial charge is 0.242 e. The van der Waals surface area contributed by atoms with E-state index in [1.165, 1.54) is 6.33 Å². The number of rotatable bonds is 4. The van der Waals surface area contributed by atoms with Gasteiger partial charge in [-0.3, -0.25) is 0 Å². The lowest BCUT2D eigenvalue weighted by molar-refractivity contribution is 0.328. The van der Waals surface area contributed by atoms with Gasteiger partial charge < -0.3 is 15.8 Å². The van der Waals surface area contributed by atoms with Crippen molar-refractivity contribution in [1.82, 2.24) is 9.97 Å². The highest BCUT2D eigenvalue weighted by Crippen LogP contribution is 2.35. The van der Waals surface area contributed by atoms with Gasteiger partial charge in [0.05, 0.1) is 22.3 Å². The van der Waals surface area contributed by atoms with Crippen molar-refractivity contribution in [3.8, 4) is 5.88 Å². The molecule has 0 saturated carbocycles. The summed E-state index contributed by atoms with van der Waals surface area (Å²) in [5, 5.41) is 3.94. The van der Waals surface area contributed by atoms with Crippen molar-refractivity contribution >= 4 is 40.4 Å². The summed E-state index contributed by atoms with van der Waals surface area (Å²) in [4.78, 5) is 8.01. The number of aromatic nitrogens is 2. The number of benzene rings is 1. The molecule has 0 radical (unpaired) electrons. The number of ether oxygens (including phenoxy) is 1. The van der Waals surface area contributed by atoms with E-state index >= 15 is 0 Å². The minimum absolute atomic E-state index is 0.306. The molecule has 3 N–H and O–H groups in total. The van der Waals surface area contributed by atoms with E-state index in [1.54, 1.807) is 18.2 Å². The molecule has 0 saturated heterocycles. The predicted molar refractivity (Wildman–Crippen MR) is 77.4 cm³/mol. The lowest BCUT2D eigenvalue weighted by atomic mass is 10.3. The molecule has 0 atom stereocenters. The van der Waals surface area contributed by atoms with Gasteiger partial charge in [0.2, 0.25) is 5.88 Å². The minimum atomic E-state index is 0.306. The molecule has 7 heteroatoms. The van der Waals surface area contributed by atoms with Gasteiger partial charge in [-0.05, 0) is 19.1 Å². The number of nitrogen functional groups attached to an aromatic ring is 1. The first kappa shape index (κ1) is 13.7. The highest BCUT2D eigenvalue weighted by molar-refractivity contribution is 6.39. The second-order valence-corrected chi connectivity index (χ2v) is 4.41. The lowest BCUT2D eigenvalue weighted by Gasteiger charge is -2.13. The Morgan fingerprint density at radius 1 is 1.26 bits per heavy atom. The molecule has 2 rings (SSSR count). The first-order chi connectivity index (χ1) is 9.13. The fraction of sp³-hybridized carbons (Fsp3) is 0.167. The van der Waals surface area contributed by atoms with Crippen molar-refractivity contribution in [1.29, 1.82) is 0 Å². The Kier molecular flexibility index (Phi) is 4.29. The highest BCUT2D eigenvalue weighted by Gasteiger charge is 2.12. The monoisotopic (exact) mass is 298 g/mol. The maximum absolute atomic E-state index is 6.07. The zero-order valence-corrected chi connectivity index (χ0v) is 11.7. The minimum Gasteiger partial charge on any atom is -0.476 e. The Balaban J connectivity index is 2.36. The third-order valence-corrected chi connectivity index (χ3v) is 2.96. The molecular weight excluding hydrogens is 287 g/mol. The van der Waals surface area contributed by atoms with Crippen LogP contribution in [0.1, 0.15) is 6.92 Å². The maximum atomic E-state index is 6.07. The van der Waals surface area contributed by atoms with Crippen LogP contribution >= 0.6 is 23.2 Å². The molecule has 1 heterocycles. The summed E-state index contributed by atoms with van der Waals surface area (Å²) in [6, 6.07) is 5.19. The topological polar surface area (TPSA) is 73.1 Å². The Hall–Kier alpha value is -1.72. The summed E-state index contributed by atoms with van der Waals surface area (Å²) in [6.07, 6.45) is 1.36. The van der Waals surface area contributed by atoms with Gasteiger partial charge in [-0.1, -0.05) is 29.3 Å². The molecule has 0 unspecified atom stereocenters. The van der Waals surface area contributed by atoms with Gasteiger partial charge in [-0.15, -0.1) is 0 Å². The van der Waals surface area contributed by atoms with Crippen LogP contribution in [0.15, 0.2) is 24.5 Å². The first-order valence-electron chi connectivity index (χ1n) is 5.57. The average molecular weight is 299 g/mol. The number of anilines is 3. The average Bonchev–Trinajstić information content (AvgIpc) is 2.38. The molecule has 0 spiro atoms. The van der Waals surface area contributed by atoms with E-state index in [0.29, 0.717) is 39.7 Å². The van der Waals surface area contributed by atoms with Crippen LogP contribution in [0, 0.1) is 0 Å². The summed E-state index contributed by atoms with van der Waals surface area (Å²) in [5.41, 5.74) is 6.77. The van der Waals surface area contributed by atoms with Crippen LogP contribution in [0.5, 0.6) is 5.88 Å². The van der Waals surface area contributed by atoms with Gasteiger partial charge >= 0.3 is 0 Å². The van der Waals surface area contributed by atoms with Gasteiger partial charge in [-0.2, -0.15) is 4.98 Å². The third-order valence-electron chi connectivity index (χ3n) is 2.33. The van der Waals surface area contributed by atoms with Crippen molar-refractivity contribution in [2.24, 2.45) is 0 Å². The molecule has 0 fully saturated rings. The largest absolute Gasteiger partial charge is 0.476 e. The van der Waals surface area contributed by atoms with Crippen LogP contribution in [-0.4, -0.2) is 16.6 Å². The Morgan fingerprint density at radius 3 is 2.58 bits per heavy atom. The summed E-state index contributed by atoms with van der Waals surface area (Å²) in [5.74, 6) is 0.719. The summed E-state index contributed by atoms with van der Waals surface area (Å²) >= 11 is 12.1. The van der Waals surface area contributed by atoms with Crippen molar-refractivity contribution < 1.29 is 4.74 Å². The number of nitrogens with zero attached hydrogens (tertiary/aromatic N) is 2.